The van der Waals surface area contributed by atoms with Crippen LogP contribution in [0, 0.1) is 5.82 Å². The first-order chi connectivity index (χ1) is 7.68. The molecule has 0 radical (unpaired) electrons. The lowest BCUT2D eigenvalue weighted by Crippen LogP contribution is -2.06. The average molecular weight is 215 g/mol. The van der Waals surface area contributed by atoms with Crippen LogP contribution in [0.1, 0.15) is 18.5 Å². The monoisotopic (exact) mass is 215 g/mol. The minimum absolute atomic E-state index is 0.101. The van der Waals surface area contributed by atoms with Crippen molar-refractivity contribution in [3.8, 4) is 11.1 Å². The Balaban J connectivity index is 2.58. The summed E-state index contributed by atoms with van der Waals surface area (Å²) in [6.45, 7) is 1.90. The molecule has 2 N–H and O–H groups in total. The first-order valence-electron chi connectivity index (χ1n) is 5.29. The maximum Gasteiger partial charge on any atom is 0.123 e. The normalized spacial score (nSPS) is 12.4. The van der Waals surface area contributed by atoms with Crippen molar-refractivity contribution in [2.45, 2.75) is 13.0 Å². The molecule has 0 spiro atoms. The highest BCUT2D eigenvalue weighted by Crippen LogP contribution is 2.27. The summed E-state index contributed by atoms with van der Waals surface area (Å²) in [5.74, 6) is -0.233. The molecule has 0 fully saturated rings. The molecule has 1 nitrogen and oxygen atoms in total. The van der Waals surface area contributed by atoms with E-state index in [-0.39, 0.29) is 11.9 Å². The maximum atomic E-state index is 13.3. The minimum atomic E-state index is -0.233. The third kappa shape index (κ3) is 2.12. The van der Waals surface area contributed by atoms with Crippen LogP contribution in [0.3, 0.4) is 0 Å². The molecule has 0 aliphatic heterocycles. The molecule has 0 heterocycles. The molecule has 2 heteroatoms. The molecular formula is C14H14FN. The van der Waals surface area contributed by atoms with Gasteiger partial charge in [-0.3, -0.25) is 0 Å². The van der Waals surface area contributed by atoms with Crippen LogP contribution in [0.25, 0.3) is 11.1 Å². The van der Waals surface area contributed by atoms with Crippen molar-refractivity contribution in [1.29, 1.82) is 0 Å². The van der Waals surface area contributed by atoms with E-state index >= 15 is 0 Å². The summed E-state index contributed by atoms with van der Waals surface area (Å²) in [5.41, 5.74) is 8.71. The van der Waals surface area contributed by atoms with E-state index in [9.17, 15) is 4.39 Å². The van der Waals surface area contributed by atoms with Gasteiger partial charge < -0.3 is 5.73 Å². The van der Waals surface area contributed by atoms with Crippen LogP contribution in [0.4, 0.5) is 4.39 Å². The Bertz CT molecular complexity index is 477. The largest absolute Gasteiger partial charge is 0.324 e. The van der Waals surface area contributed by atoms with Crippen molar-refractivity contribution in [2.75, 3.05) is 0 Å². The fourth-order valence-corrected chi connectivity index (χ4v) is 1.79. The fourth-order valence-electron chi connectivity index (χ4n) is 1.79. The molecule has 0 saturated carbocycles. The van der Waals surface area contributed by atoms with Crippen LogP contribution < -0.4 is 5.73 Å². The Morgan fingerprint density at radius 2 is 1.75 bits per heavy atom. The molecule has 0 aromatic heterocycles. The van der Waals surface area contributed by atoms with Crippen molar-refractivity contribution in [1.82, 2.24) is 0 Å². The molecule has 1 atom stereocenters. The standard InChI is InChI=1S/C14H14FN/c1-10(16)13-8-7-12(15)9-14(13)11-5-3-2-4-6-11/h2-10H,16H2,1H3. The topological polar surface area (TPSA) is 26.0 Å². The van der Waals surface area contributed by atoms with Gasteiger partial charge >= 0.3 is 0 Å². The Labute approximate surface area is 94.7 Å². The first-order valence-corrected chi connectivity index (χ1v) is 5.29. The predicted octanol–water partition coefficient (Wildman–Crippen LogP) is 3.51. The smallest absolute Gasteiger partial charge is 0.123 e. The van der Waals surface area contributed by atoms with Crippen LogP contribution in [-0.2, 0) is 0 Å². The number of benzene rings is 2. The first kappa shape index (κ1) is 10.8. The van der Waals surface area contributed by atoms with E-state index in [0.29, 0.717) is 0 Å². The van der Waals surface area contributed by atoms with Gasteiger partial charge in [-0.2, -0.15) is 0 Å². The highest BCUT2D eigenvalue weighted by atomic mass is 19.1. The summed E-state index contributed by atoms with van der Waals surface area (Å²) in [4.78, 5) is 0. The summed E-state index contributed by atoms with van der Waals surface area (Å²) >= 11 is 0. The number of hydrogen-bond donors (Lipinski definition) is 1. The van der Waals surface area contributed by atoms with Crippen molar-refractivity contribution in [3.63, 3.8) is 0 Å². The van der Waals surface area contributed by atoms with Gasteiger partial charge in [-0.05, 0) is 35.7 Å². The summed E-state index contributed by atoms with van der Waals surface area (Å²) < 4.78 is 13.3. The number of rotatable bonds is 2. The highest BCUT2D eigenvalue weighted by molar-refractivity contribution is 5.67. The van der Waals surface area contributed by atoms with E-state index in [4.69, 9.17) is 5.73 Å². The Morgan fingerprint density at radius 1 is 1.06 bits per heavy atom. The molecule has 82 valence electrons. The molecular weight excluding hydrogens is 201 g/mol. The lowest BCUT2D eigenvalue weighted by atomic mass is 9.96. The van der Waals surface area contributed by atoms with E-state index in [1.165, 1.54) is 12.1 Å². The zero-order valence-electron chi connectivity index (χ0n) is 9.15. The summed E-state index contributed by atoms with van der Waals surface area (Å²) in [6.07, 6.45) is 0. The molecule has 2 rings (SSSR count). The van der Waals surface area contributed by atoms with Gasteiger partial charge in [0.2, 0.25) is 0 Å². The minimum Gasteiger partial charge on any atom is -0.324 e. The fraction of sp³-hybridized carbons (Fsp3) is 0.143. The van der Waals surface area contributed by atoms with Gasteiger partial charge in [-0.25, -0.2) is 4.39 Å². The quantitative estimate of drug-likeness (QED) is 0.815. The molecule has 0 amide bonds. The van der Waals surface area contributed by atoms with Gasteiger partial charge in [-0.1, -0.05) is 36.4 Å². The summed E-state index contributed by atoms with van der Waals surface area (Å²) in [7, 11) is 0. The zero-order chi connectivity index (χ0) is 11.5. The van der Waals surface area contributed by atoms with E-state index in [1.807, 2.05) is 37.3 Å². The third-order valence-electron chi connectivity index (χ3n) is 2.59. The molecule has 0 saturated heterocycles. The molecule has 0 bridgehead atoms. The van der Waals surface area contributed by atoms with Gasteiger partial charge in [0.05, 0.1) is 0 Å². The van der Waals surface area contributed by atoms with Crippen molar-refractivity contribution < 1.29 is 4.39 Å². The highest BCUT2D eigenvalue weighted by Gasteiger charge is 2.09. The Kier molecular flexibility index (Phi) is 3.02. The molecule has 16 heavy (non-hydrogen) atoms. The number of nitrogens with two attached hydrogens (primary N) is 1. The molecule has 2 aromatic carbocycles. The van der Waals surface area contributed by atoms with Crippen molar-refractivity contribution in [2.24, 2.45) is 5.73 Å². The van der Waals surface area contributed by atoms with Gasteiger partial charge in [0.15, 0.2) is 0 Å². The predicted molar refractivity (Wildman–Crippen MR) is 64.4 cm³/mol. The second-order valence-corrected chi connectivity index (χ2v) is 3.89. The SMILES string of the molecule is CC(N)c1ccc(F)cc1-c1ccccc1. The van der Waals surface area contributed by atoms with Gasteiger partial charge in [0.1, 0.15) is 5.82 Å². The van der Waals surface area contributed by atoms with Gasteiger partial charge in [0, 0.05) is 6.04 Å². The molecule has 0 aliphatic rings. The van der Waals surface area contributed by atoms with E-state index in [2.05, 4.69) is 0 Å². The average Bonchev–Trinajstić information content (AvgIpc) is 2.29. The zero-order valence-corrected chi connectivity index (χ0v) is 9.15. The van der Waals surface area contributed by atoms with Gasteiger partial charge in [0.25, 0.3) is 0 Å². The summed E-state index contributed by atoms with van der Waals surface area (Å²) in [6, 6.07) is 14.4. The maximum absolute atomic E-state index is 13.3. The third-order valence-corrected chi connectivity index (χ3v) is 2.59. The van der Waals surface area contributed by atoms with Crippen LogP contribution in [0.15, 0.2) is 48.5 Å². The van der Waals surface area contributed by atoms with Crippen LogP contribution >= 0.6 is 0 Å². The Hall–Kier alpha value is -1.67. The van der Waals surface area contributed by atoms with Crippen molar-refractivity contribution in [3.05, 3.63) is 59.9 Å². The molecule has 2 aromatic rings. The number of hydrogen-bond acceptors (Lipinski definition) is 1. The van der Waals surface area contributed by atoms with E-state index in [0.717, 1.165) is 16.7 Å². The lowest BCUT2D eigenvalue weighted by Gasteiger charge is -2.12. The Morgan fingerprint density at radius 3 is 2.38 bits per heavy atom. The lowest BCUT2D eigenvalue weighted by molar-refractivity contribution is 0.626. The molecule has 1 unspecified atom stereocenters. The second-order valence-electron chi connectivity index (χ2n) is 3.89. The molecule has 0 aliphatic carbocycles. The van der Waals surface area contributed by atoms with Crippen LogP contribution in [0.5, 0.6) is 0 Å². The number of halogens is 1. The van der Waals surface area contributed by atoms with E-state index < -0.39 is 0 Å². The second kappa shape index (κ2) is 4.45. The summed E-state index contributed by atoms with van der Waals surface area (Å²) in [5, 5.41) is 0. The van der Waals surface area contributed by atoms with Gasteiger partial charge in [-0.15, -0.1) is 0 Å². The van der Waals surface area contributed by atoms with Crippen LogP contribution in [-0.4, -0.2) is 0 Å². The van der Waals surface area contributed by atoms with Crippen LogP contribution in [0.2, 0.25) is 0 Å². The van der Waals surface area contributed by atoms with Crippen molar-refractivity contribution >= 4 is 0 Å². The van der Waals surface area contributed by atoms with E-state index in [1.54, 1.807) is 6.07 Å².